The van der Waals surface area contributed by atoms with Crippen LogP contribution in [0.4, 0.5) is 4.79 Å². The average Bonchev–Trinajstić information content (AvgIpc) is 2.96. The molecule has 4 rings (SSSR count). The summed E-state index contributed by atoms with van der Waals surface area (Å²) in [4.78, 5) is 26.7. The number of rotatable bonds is 4. The van der Waals surface area contributed by atoms with Crippen LogP contribution in [0.1, 0.15) is 11.1 Å². The van der Waals surface area contributed by atoms with E-state index in [0.717, 1.165) is 33.7 Å². The summed E-state index contributed by atoms with van der Waals surface area (Å²) in [7, 11) is 0. The van der Waals surface area contributed by atoms with Crippen LogP contribution < -0.4 is 0 Å². The first kappa shape index (κ1) is 17.3. The van der Waals surface area contributed by atoms with E-state index in [2.05, 4.69) is 0 Å². The molecule has 3 aromatic carbocycles. The third-order valence-corrected chi connectivity index (χ3v) is 5.29. The summed E-state index contributed by atoms with van der Waals surface area (Å²) in [6.45, 7) is 0.287. The van der Waals surface area contributed by atoms with Crippen molar-refractivity contribution in [3.8, 4) is 0 Å². The number of carbonyl (C=O) groups is 2. The van der Waals surface area contributed by atoms with Crippen LogP contribution in [0.15, 0.2) is 89.9 Å². The van der Waals surface area contributed by atoms with Crippen LogP contribution >= 0.6 is 11.8 Å². The van der Waals surface area contributed by atoms with Crippen molar-refractivity contribution in [3.05, 3.63) is 101 Å². The first-order chi connectivity index (χ1) is 13.2. The number of thioether (sulfide) groups is 1. The van der Waals surface area contributed by atoms with Crippen molar-refractivity contribution in [2.24, 2.45) is 0 Å². The van der Waals surface area contributed by atoms with Crippen molar-refractivity contribution < 1.29 is 9.59 Å². The number of nitrogens with zero attached hydrogens (tertiary/aromatic N) is 1. The van der Waals surface area contributed by atoms with Crippen LogP contribution in [-0.4, -0.2) is 16.0 Å². The normalized spacial score (nSPS) is 16.1. The molecule has 0 unspecified atom stereocenters. The number of allylic oxidation sites excluding steroid dienone is 2. The molecule has 0 aromatic heterocycles. The number of carbonyl (C=O) groups excluding carboxylic acids is 2. The monoisotopic (exact) mass is 371 g/mol. The molecule has 3 aromatic rings. The van der Waals surface area contributed by atoms with Crippen molar-refractivity contribution in [2.75, 3.05) is 0 Å². The Bertz CT molecular complexity index is 1070. The van der Waals surface area contributed by atoms with E-state index in [4.69, 9.17) is 0 Å². The van der Waals surface area contributed by atoms with Crippen molar-refractivity contribution in [2.45, 2.75) is 6.54 Å². The second kappa shape index (κ2) is 7.64. The van der Waals surface area contributed by atoms with Crippen LogP contribution in [0.5, 0.6) is 0 Å². The third kappa shape index (κ3) is 3.86. The van der Waals surface area contributed by atoms with E-state index in [0.29, 0.717) is 4.91 Å². The van der Waals surface area contributed by atoms with Gasteiger partial charge in [0.05, 0.1) is 11.4 Å². The zero-order chi connectivity index (χ0) is 18.6. The standard InChI is InChI=1S/C23H17NO2S/c25-22-21(12-6-9-17-7-2-1-3-8-17)27-23(26)24(22)16-18-13-14-19-10-4-5-11-20(19)15-18/h1-15H,16H2/b9-6+,21-12-. The van der Waals surface area contributed by atoms with Gasteiger partial charge in [-0.05, 0) is 45.8 Å². The number of fused-ring (bicyclic) bond motifs is 1. The molecule has 3 nitrogen and oxygen atoms in total. The summed E-state index contributed by atoms with van der Waals surface area (Å²) in [5.41, 5.74) is 1.99. The first-order valence-corrected chi connectivity index (χ1v) is 9.47. The topological polar surface area (TPSA) is 37.4 Å². The minimum atomic E-state index is -0.240. The number of hydrogen-bond donors (Lipinski definition) is 0. The second-order valence-corrected chi connectivity index (χ2v) is 7.23. The SMILES string of the molecule is O=C1S/C(=C\C=C\c2ccccc2)C(=O)N1Cc1ccc2ccccc2c1. The van der Waals surface area contributed by atoms with E-state index in [1.54, 1.807) is 6.08 Å². The second-order valence-electron chi connectivity index (χ2n) is 6.24. The lowest BCUT2D eigenvalue weighted by Gasteiger charge is -2.13. The molecular formula is C23H17NO2S. The molecule has 2 amide bonds. The van der Waals surface area contributed by atoms with Gasteiger partial charge in [-0.2, -0.15) is 0 Å². The van der Waals surface area contributed by atoms with E-state index in [1.807, 2.05) is 84.9 Å². The van der Waals surface area contributed by atoms with E-state index < -0.39 is 0 Å². The fraction of sp³-hybridized carbons (Fsp3) is 0.0435. The Balaban J connectivity index is 1.50. The van der Waals surface area contributed by atoms with Gasteiger partial charge in [0.1, 0.15) is 0 Å². The molecule has 1 heterocycles. The van der Waals surface area contributed by atoms with Gasteiger partial charge in [-0.25, -0.2) is 0 Å². The molecule has 1 saturated heterocycles. The summed E-state index contributed by atoms with van der Waals surface area (Å²) < 4.78 is 0. The lowest BCUT2D eigenvalue weighted by Crippen LogP contribution is -2.27. The summed E-state index contributed by atoms with van der Waals surface area (Å²) >= 11 is 0.987. The van der Waals surface area contributed by atoms with Gasteiger partial charge in [-0.1, -0.05) is 78.9 Å². The third-order valence-electron chi connectivity index (χ3n) is 4.36. The molecule has 0 spiro atoms. The van der Waals surface area contributed by atoms with E-state index >= 15 is 0 Å². The number of hydrogen-bond acceptors (Lipinski definition) is 3. The maximum absolute atomic E-state index is 12.6. The van der Waals surface area contributed by atoms with Crippen LogP contribution in [0, 0.1) is 0 Å². The van der Waals surface area contributed by atoms with Crippen LogP contribution in [0.2, 0.25) is 0 Å². The summed E-state index contributed by atoms with van der Waals surface area (Å²) in [6, 6.07) is 23.9. The van der Waals surface area contributed by atoms with Gasteiger partial charge in [0.25, 0.3) is 11.1 Å². The number of amides is 2. The predicted octanol–water partition coefficient (Wildman–Crippen LogP) is 5.63. The lowest BCUT2D eigenvalue weighted by molar-refractivity contribution is -0.123. The van der Waals surface area contributed by atoms with Gasteiger partial charge >= 0.3 is 0 Å². The molecule has 132 valence electrons. The number of benzene rings is 3. The Morgan fingerprint density at radius 1 is 0.852 bits per heavy atom. The smallest absolute Gasteiger partial charge is 0.268 e. The molecule has 0 radical (unpaired) electrons. The summed E-state index contributed by atoms with van der Waals surface area (Å²) in [6.07, 6.45) is 5.43. The fourth-order valence-electron chi connectivity index (χ4n) is 2.98. The Morgan fingerprint density at radius 2 is 1.59 bits per heavy atom. The minimum absolute atomic E-state index is 0.229. The minimum Gasteiger partial charge on any atom is -0.268 e. The molecule has 1 aliphatic rings. The largest absolute Gasteiger partial charge is 0.293 e. The van der Waals surface area contributed by atoms with Gasteiger partial charge in [-0.3, -0.25) is 14.5 Å². The summed E-state index contributed by atoms with van der Waals surface area (Å²) in [5.74, 6) is -0.240. The highest BCUT2D eigenvalue weighted by Crippen LogP contribution is 2.32. The Labute approximate surface area is 162 Å². The highest BCUT2D eigenvalue weighted by molar-refractivity contribution is 8.18. The highest BCUT2D eigenvalue weighted by Gasteiger charge is 2.34. The zero-order valence-electron chi connectivity index (χ0n) is 14.5. The molecule has 1 fully saturated rings. The van der Waals surface area contributed by atoms with Gasteiger partial charge in [0.2, 0.25) is 0 Å². The van der Waals surface area contributed by atoms with Crippen LogP contribution in [0.3, 0.4) is 0 Å². The summed E-state index contributed by atoms with van der Waals surface area (Å²) in [5, 5.41) is 2.01. The van der Waals surface area contributed by atoms with Gasteiger partial charge in [0.15, 0.2) is 0 Å². The maximum atomic E-state index is 12.6. The molecule has 0 atom stereocenters. The Kier molecular flexibility index (Phi) is 4.90. The zero-order valence-corrected chi connectivity index (χ0v) is 15.4. The maximum Gasteiger partial charge on any atom is 0.293 e. The molecular weight excluding hydrogens is 354 g/mol. The molecule has 27 heavy (non-hydrogen) atoms. The van der Waals surface area contributed by atoms with Gasteiger partial charge in [0, 0.05) is 0 Å². The molecule has 0 N–H and O–H groups in total. The quantitative estimate of drug-likeness (QED) is 0.558. The van der Waals surface area contributed by atoms with E-state index in [1.165, 1.54) is 4.90 Å². The molecule has 0 bridgehead atoms. The van der Waals surface area contributed by atoms with Crippen LogP contribution in [0.25, 0.3) is 16.8 Å². The first-order valence-electron chi connectivity index (χ1n) is 8.65. The molecule has 1 aliphatic heterocycles. The van der Waals surface area contributed by atoms with Crippen molar-refractivity contribution >= 4 is 39.8 Å². The predicted molar refractivity (Wildman–Crippen MR) is 111 cm³/mol. The van der Waals surface area contributed by atoms with Gasteiger partial charge < -0.3 is 0 Å². The van der Waals surface area contributed by atoms with Crippen molar-refractivity contribution in [1.82, 2.24) is 4.90 Å². The Morgan fingerprint density at radius 3 is 2.41 bits per heavy atom. The number of imide groups is 1. The van der Waals surface area contributed by atoms with Crippen molar-refractivity contribution in [3.63, 3.8) is 0 Å². The van der Waals surface area contributed by atoms with Gasteiger partial charge in [-0.15, -0.1) is 0 Å². The Hall–Kier alpha value is -3.11. The highest BCUT2D eigenvalue weighted by atomic mass is 32.2. The van der Waals surface area contributed by atoms with Crippen molar-refractivity contribution in [1.29, 1.82) is 0 Å². The molecule has 4 heteroatoms. The van der Waals surface area contributed by atoms with E-state index in [-0.39, 0.29) is 17.7 Å². The fourth-order valence-corrected chi connectivity index (χ4v) is 3.77. The molecule has 0 saturated carbocycles. The average molecular weight is 371 g/mol. The van der Waals surface area contributed by atoms with E-state index in [9.17, 15) is 9.59 Å². The molecule has 0 aliphatic carbocycles. The lowest BCUT2D eigenvalue weighted by atomic mass is 10.1. The van der Waals surface area contributed by atoms with Crippen LogP contribution in [-0.2, 0) is 11.3 Å².